The third-order valence-electron chi connectivity index (χ3n) is 4.15. The molecule has 0 aliphatic carbocycles. The number of benzene rings is 3. The van der Waals surface area contributed by atoms with Crippen molar-refractivity contribution >= 4 is 40.1 Å². The van der Waals surface area contributed by atoms with Gasteiger partial charge in [-0.25, -0.2) is 10.2 Å². The van der Waals surface area contributed by atoms with Crippen LogP contribution in [0.25, 0.3) is 6.08 Å². The second-order valence-corrected chi connectivity index (χ2v) is 7.66. The van der Waals surface area contributed by atoms with Gasteiger partial charge in [-0.1, -0.05) is 58.4 Å². The zero-order valence-corrected chi connectivity index (χ0v) is 18.9. The summed E-state index contributed by atoms with van der Waals surface area (Å²) < 4.78 is 11.6. The van der Waals surface area contributed by atoms with Crippen LogP contribution in [0.2, 0.25) is 0 Å². The van der Waals surface area contributed by atoms with Gasteiger partial charge in [0.1, 0.15) is 11.5 Å². The van der Waals surface area contributed by atoms with E-state index >= 15 is 0 Å². The molecule has 1 N–H and O–H groups in total. The fourth-order valence-corrected chi connectivity index (χ4v) is 3.02. The highest BCUT2D eigenvalue weighted by atomic mass is 79.9. The lowest BCUT2D eigenvalue weighted by Gasteiger charge is -2.07. The van der Waals surface area contributed by atoms with Crippen LogP contribution >= 0.6 is 15.9 Å². The van der Waals surface area contributed by atoms with Crippen LogP contribution in [0.3, 0.4) is 0 Å². The molecule has 0 saturated carbocycles. The van der Waals surface area contributed by atoms with Gasteiger partial charge in [0.25, 0.3) is 5.91 Å². The third kappa shape index (κ3) is 7.52. The molecule has 32 heavy (non-hydrogen) atoms. The molecule has 0 bridgehead atoms. The molecule has 162 valence electrons. The minimum Gasteiger partial charge on any atom is -0.484 e. The van der Waals surface area contributed by atoms with Crippen LogP contribution in [-0.4, -0.2) is 24.7 Å². The lowest BCUT2D eigenvalue weighted by atomic mass is 10.2. The molecular formula is C25H21BrN2O4. The number of ether oxygens (including phenoxy) is 2. The minimum absolute atomic E-state index is 0.175. The minimum atomic E-state index is -0.526. The van der Waals surface area contributed by atoms with Crippen molar-refractivity contribution in [3.63, 3.8) is 0 Å². The molecule has 0 radical (unpaired) electrons. The molecule has 0 atom stereocenters. The Bertz CT molecular complexity index is 1140. The molecule has 0 aliphatic heterocycles. The van der Waals surface area contributed by atoms with Crippen LogP contribution in [0, 0.1) is 6.92 Å². The first-order valence-electron chi connectivity index (χ1n) is 9.75. The molecule has 3 aromatic carbocycles. The van der Waals surface area contributed by atoms with Gasteiger partial charge in [-0.15, -0.1) is 0 Å². The Labute approximate surface area is 194 Å². The molecule has 0 spiro atoms. The molecule has 3 rings (SSSR count). The molecule has 0 fully saturated rings. The molecule has 0 aromatic heterocycles. The van der Waals surface area contributed by atoms with Gasteiger partial charge >= 0.3 is 5.97 Å². The number of nitrogens with zero attached hydrogens (tertiary/aromatic N) is 1. The highest BCUT2D eigenvalue weighted by Gasteiger charge is 2.08. The summed E-state index contributed by atoms with van der Waals surface area (Å²) in [7, 11) is 0. The Balaban J connectivity index is 1.58. The Morgan fingerprint density at radius 3 is 2.62 bits per heavy atom. The molecule has 3 aromatic rings. The first-order chi connectivity index (χ1) is 15.5. The van der Waals surface area contributed by atoms with Crippen LogP contribution in [0.4, 0.5) is 0 Å². The Kier molecular flexibility index (Phi) is 8.34. The second kappa shape index (κ2) is 11.6. The molecule has 0 unspecified atom stereocenters. The number of carbonyl (C=O) groups excluding carboxylic acids is 2. The van der Waals surface area contributed by atoms with Crippen LogP contribution in [0.15, 0.2) is 88.4 Å². The topological polar surface area (TPSA) is 77.0 Å². The zero-order valence-electron chi connectivity index (χ0n) is 17.3. The standard InChI is InChI=1S/C25H21BrN2O4/c1-18-6-5-9-22(14-18)31-17-24(29)28-27-16-20-15-21(26)11-12-23(20)32-25(30)13-10-19-7-3-2-4-8-19/h2-16H,17H2,1H3,(H,28,29)/b13-10+,27-16+. The maximum Gasteiger partial charge on any atom is 0.336 e. The first kappa shape index (κ1) is 23.0. The van der Waals surface area contributed by atoms with E-state index in [1.165, 1.54) is 12.3 Å². The maximum absolute atomic E-state index is 12.2. The van der Waals surface area contributed by atoms with Crippen molar-refractivity contribution in [3.05, 3.63) is 100 Å². The predicted octanol–water partition coefficient (Wildman–Crippen LogP) is 4.91. The van der Waals surface area contributed by atoms with Gasteiger partial charge in [0, 0.05) is 16.1 Å². The van der Waals surface area contributed by atoms with Crippen molar-refractivity contribution in [1.82, 2.24) is 5.43 Å². The largest absolute Gasteiger partial charge is 0.484 e. The smallest absolute Gasteiger partial charge is 0.336 e. The highest BCUT2D eigenvalue weighted by molar-refractivity contribution is 9.10. The first-order valence-corrected chi connectivity index (χ1v) is 10.5. The molecule has 0 aliphatic rings. The normalized spacial score (nSPS) is 10.9. The number of aryl methyl sites for hydroxylation is 1. The number of hydrogen-bond donors (Lipinski definition) is 1. The molecule has 1 amide bonds. The summed E-state index contributed by atoms with van der Waals surface area (Å²) in [6.45, 7) is 1.77. The number of rotatable bonds is 8. The molecule has 0 saturated heterocycles. The van der Waals surface area contributed by atoms with E-state index in [0.29, 0.717) is 17.1 Å². The van der Waals surface area contributed by atoms with Gasteiger partial charge in [0.15, 0.2) is 6.61 Å². The van der Waals surface area contributed by atoms with Crippen molar-refractivity contribution < 1.29 is 19.1 Å². The zero-order chi connectivity index (χ0) is 22.8. The number of hydrogen-bond acceptors (Lipinski definition) is 5. The molecule has 0 heterocycles. The van der Waals surface area contributed by atoms with Crippen LogP contribution in [0.5, 0.6) is 11.5 Å². The van der Waals surface area contributed by atoms with Crippen molar-refractivity contribution in [2.75, 3.05) is 6.61 Å². The summed E-state index contributed by atoms with van der Waals surface area (Å²) in [5, 5.41) is 3.94. The lowest BCUT2D eigenvalue weighted by molar-refractivity contribution is -0.129. The SMILES string of the molecule is Cc1cccc(OCC(=O)N/N=C/c2cc(Br)ccc2OC(=O)/C=C/c2ccccc2)c1. The van der Waals surface area contributed by atoms with Crippen molar-refractivity contribution in [1.29, 1.82) is 0 Å². The van der Waals surface area contributed by atoms with E-state index in [1.807, 2.05) is 55.5 Å². The van der Waals surface area contributed by atoms with E-state index in [2.05, 4.69) is 26.5 Å². The quantitative estimate of drug-likeness (QED) is 0.159. The third-order valence-corrected chi connectivity index (χ3v) is 4.64. The Morgan fingerprint density at radius 2 is 1.84 bits per heavy atom. The Morgan fingerprint density at radius 1 is 1.03 bits per heavy atom. The summed E-state index contributed by atoms with van der Waals surface area (Å²) in [5.74, 6) is -0.0256. The second-order valence-electron chi connectivity index (χ2n) is 6.75. The lowest BCUT2D eigenvalue weighted by Crippen LogP contribution is -2.24. The summed E-state index contributed by atoms with van der Waals surface area (Å²) in [6.07, 6.45) is 4.42. The summed E-state index contributed by atoms with van der Waals surface area (Å²) >= 11 is 3.38. The van der Waals surface area contributed by atoms with Crippen molar-refractivity contribution in [3.8, 4) is 11.5 Å². The molecular weight excluding hydrogens is 472 g/mol. The highest BCUT2D eigenvalue weighted by Crippen LogP contribution is 2.22. The predicted molar refractivity (Wildman–Crippen MR) is 128 cm³/mol. The average Bonchev–Trinajstić information content (AvgIpc) is 2.79. The van der Waals surface area contributed by atoms with Crippen molar-refractivity contribution in [2.24, 2.45) is 5.10 Å². The van der Waals surface area contributed by atoms with E-state index in [0.717, 1.165) is 15.6 Å². The number of halogens is 1. The number of esters is 1. The van der Waals surface area contributed by atoms with Crippen LogP contribution in [0.1, 0.15) is 16.7 Å². The van der Waals surface area contributed by atoms with Gasteiger partial charge < -0.3 is 9.47 Å². The summed E-state index contributed by atoms with van der Waals surface area (Å²) in [6, 6.07) is 21.9. The van der Waals surface area contributed by atoms with E-state index in [9.17, 15) is 9.59 Å². The van der Waals surface area contributed by atoms with E-state index in [-0.39, 0.29) is 6.61 Å². The number of carbonyl (C=O) groups is 2. The monoisotopic (exact) mass is 492 g/mol. The van der Waals surface area contributed by atoms with Crippen LogP contribution < -0.4 is 14.9 Å². The van der Waals surface area contributed by atoms with Crippen LogP contribution in [-0.2, 0) is 9.59 Å². The van der Waals surface area contributed by atoms with Gasteiger partial charge in [0.2, 0.25) is 0 Å². The number of amides is 1. The molecule has 6 nitrogen and oxygen atoms in total. The van der Waals surface area contributed by atoms with E-state index in [4.69, 9.17) is 9.47 Å². The van der Waals surface area contributed by atoms with Gasteiger partial charge in [-0.05, 0) is 54.5 Å². The fraction of sp³-hybridized carbons (Fsp3) is 0.0800. The molecule has 7 heteroatoms. The van der Waals surface area contributed by atoms with Gasteiger partial charge in [0.05, 0.1) is 6.21 Å². The van der Waals surface area contributed by atoms with E-state index < -0.39 is 11.9 Å². The Hall–Kier alpha value is -3.71. The van der Waals surface area contributed by atoms with Gasteiger partial charge in [-0.2, -0.15) is 5.10 Å². The maximum atomic E-state index is 12.2. The number of hydrazone groups is 1. The number of nitrogens with one attached hydrogen (secondary N) is 1. The summed E-state index contributed by atoms with van der Waals surface area (Å²) in [4.78, 5) is 24.2. The van der Waals surface area contributed by atoms with Crippen molar-refractivity contribution in [2.45, 2.75) is 6.92 Å². The fourth-order valence-electron chi connectivity index (χ4n) is 2.64. The van der Waals surface area contributed by atoms with Gasteiger partial charge in [-0.3, -0.25) is 4.79 Å². The van der Waals surface area contributed by atoms with E-state index in [1.54, 1.807) is 30.3 Å². The summed E-state index contributed by atoms with van der Waals surface area (Å²) in [5.41, 5.74) is 4.84. The average molecular weight is 493 g/mol.